The van der Waals surface area contributed by atoms with Crippen molar-refractivity contribution in [1.29, 1.82) is 0 Å². The van der Waals surface area contributed by atoms with Crippen molar-refractivity contribution in [2.75, 3.05) is 39.4 Å². The van der Waals surface area contributed by atoms with E-state index in [4.69, 9.17) is 19.7 Å². The Hall–Kier alpha value is -2.24. The number of aliphatic hydroxyl groups is 2. The molecule has 0 aromatic heterocycles. The molecule has 206 valence electrons. The molecule has 0 bridgehead atoms. The maximum atomic E-state index is 11.8. The minimum Gasteiger partial charge on any atom is -0.444 e. The summed E-state index contributed by atoms with van der Waals surface area (Å²) in [5, 5.41) is 17.2. The average molecular weight is 509 g/mol. The van der Waals surface area contributed by atoms with Crippen LogP contribution < -0.4 is 0 Å². The van der Waals surface area contributed by atoms with E-state index in [0.29, 0.717) is 11.8 Å². The van der Waals surface area contributed by atoms with Gasteiger partial charge in [-0.3, -0.25) is 0 Å². The zero-order valence-electron chi connectivity index (χ0n) is 23.2. The first kappa shape index (κ1) is 31.8. The molecular formula is C28H48N2O6. The van der Waals surface area contributed by atoms with Gasteiger partial charge in [0.2, 0.25) is 0 Å². The summed E-state index contributed by atoms with van der Waals surface area (Å²) in [6.45, 7) is 14.3. The number of amides is 2. The topological polar surface area (TPSA) is 99.5 Å². The van der Waals surface area contributed by atoms with Crippen molar-refractivity contribution in [3.8, 4) is 11.8 Å². The lowest BCUT2D eigenvalue weighted by atomic mass is 9.93. The van der Waals surface area contributed by atoms with Crippen molar-refractivity contribution in [2.45, 2.75) is 91.3 Å². The van der Waals surface area contributed by atoms with Gasteiger partial charge in [0.15, 0.2) is 0 Å². The van der Waals surface area contributed by atoms with E-state index in [9.17, 15) is 9.59 Å². The van der Waals surface area contributed by atoms with Crippen molar-refractivity contribution in [3.63, 3.8) is 0 Å². The molecule has 2 N–H and O–H groups in total. The van der Waals surface area contributed by atoms with E-state index in [-0.39, 0.29) is 25.4 Å². The number of nitrogens with zero attached hydrogens (tertiary/aromatic N) is 2. The highest BCUT2D eigenvalue weighted by Gasteiger charge is 2.27. The maximum absolute atomic E-state index is 11.8. The van der Waals surface area contributed by atoms with Crippen LogP contribution in [0.25, 0.3) is 0 Å². The zero-order chi connectivity index (χ0) is 27.2. The molecule has 0 aromatic carbocycles. The number of likely N-dealkylation sites (tertiary alicyclic amines) is 2. The molecule has 0 aromatic rings. The van der Waals surface area contributed by atoms with Crippen LogP contribution in [0.4, 0.5) is 9.59 Å². The third-order valence-corrected chi connectivity index (χ3v) is 5.87. The Labute approximate surface area is 218 Å². The second-order valence-corrected chi connectivity index (χ2v) is 11.4. The largest absolute Gasteiger partial charge is 0.444 e. The van der Waals surface area contributed by atoms with Crippen LogP contribution in [-0.2, 0) is 9.47 Å². The fourth-order valence-corrected chi connectivity index (χ4v) is 3.96. The predicted octanol–water partition coefficient (Wildman–Crippen LogP) is 4.59. The molecular weight excluding hydrogens is 460 g/mol. The molecule has 0 saturated carbocycles. The minimum atomic E-state index is -0.430. The fraction of sp³-hybridized carbons (Fsp3) is 0.786. The quantitative estimate of drug-likeness (QED) is 0.426. The van der Waals surface area contributed by atoms with Crippen molar-refractivity contribution >= 4 is 12.2 Å². The number of aliphatic hydroxyl groups excluding tert-OH is 2. The standard InChI is InChI=1S/C14H25NO3.C14H23NO3/c2*1-14(2,3)18-13(17)15-9-7-12(8-10-15)6-4-5-11-16/h4-5,12,16H,6-11H2,1-3H3;12,16H,6-11H2,1-3H3/b5-4-;. The Morgan fingerprint density at radius 1 is 0.778 bits per heavy atom. The average Bonchev–Trinajstić information content (AvgIpc) is 2.78. The lowest BCUT2D eigenvalue weighted by Crippen LogP contribution is -2.41. The SMILES string of the molecule is CC(C)(C)OC(=O)N1CCC(C/C=C\CO)CC1.CC(C)(C)OC(=O)N1CCC(CC#CCO)CC1. The van der Waals surface area contributed by atoms with Gasteiger partial charge in [-0.05, 0) is 85.5 Å². The van der Waals surface area contributed by atoms with Crippen LogP contribution in [0, 0.1) is 23.7 Å². The molecule has 2 aliphatic heterocycles. The zero-order valence-corrected chi connectivity index (χ0v) is 23.2. The summed E-state index contributed by atoms with van der Waals surface area (Å²) in [6.07, 6.45) is 9.11. The molecule has 2 amide bonds. The van der Waals surface area contributed by atoms with Gasteiger partial charge in [0.05, 0.1) is 6.61 Å². The number of carbonyl (C=O) groups excluding carboxylic acids is 2. The van der Waals surface area contributed by atoms with Gasteiger partial charge in [-0.15, -0.1) is 5.92 Å². The van der Waals surface area contributed by atoms with Crippen LogP contribution in [0.5, 0.6) is 0 Å². The summed E-state index contributed by atoms with van der Waals surface area (Å²) in [5.74, 6) is 6.76. The third kappa shape index (κ3) is 14.4. The molecule has 0 radical (unpaired) electrons. The number of allylic oxidation sites excluding steroid dienone is 1. The lowest BCUT2D eigenvalue weighted by Gasteiger charge is -2.33. The third-order valence-electron chi connectivity index (χ3n) is 5.87. The van der Waals surface area contributed by atoms with E-state index in [2.05, 4.69) is 11.8 Å². The normalized spacial score (nSPS) is 17.7. The molecule has 2 rings (SSSR count). The van der Waals surface area contributed by atoms with E-state index < -0.39 is 11.2 Å². The summed E-state index contributed by atoms with van der Waals surface area (Å²) >= 11 is 0. The van der Waals surface area contributed by atoms with Gasteiger partial charge < -0.3 is 29.5 Å². The fourth-order valence-electron chi connectivity index (χ4n) is 3.96. The lowest BCUT2D eigenvalue weighted by molar-refractivity contribution is 0.0175. The number of hydrogen-bond acceptors (Lipinski definition) is 6. The first-order valence-electron chi connectivity index (χ1n) is 13.1. The summed E-state index contributed by atoms with van der Waals surface area (Å²) in [5.41, 5.74) is -0.849. The predicted molar refractivity (Wildman–Crippen MR) is 141 cm³/mol. The number of ether oxygens (including phenoxy) is 2. The van der Waals surface area contributed by atoms with Crippen LogP contribution in [0.3, 0.4) is 0 Å². The monoisotopic (exact) mass is 508 g/mol. The minimum absolute atomic E-state index is 0.0727. The van der Waals surface area contributed by atoms with Crippen molar-refractivity contribution < 1.29 is 29.3 Å². The molecule has 0 unspecified atom stereocenters. The molecule has 2 aliphatic rings. The molecule has 0 aliphatic carbocycles. The summed E-state index contributed by atoms with van der Waals surface area (Å²) < 4.78 is 10.7. The van der Waals surface area contributed by atoms with Gasteiger partial charge in [-0.25, -0.2) is 9.59 Å². The van der Waals surface area contributed by atoms with Crippen LogP contribution >= 0.6 is 0 Å². The van der Waals surface area contributed by atoms with Crippen LogP contribution in [-0.4, -0.2) is 82.8 Å². The van der Waals surface area contributed by atoms with Crippen LogP contribution in [0.1, 0.15) is 80.1 Å². The summed E-state index contributed by atoms with van der Waals surface area (Å²) in [6, 6.07) is 0. The highest BCUT2D eigenvalue weighted by Crippen LogP contribution is 2.23. The van der Waals surface area contributed by atoms with Crippen molar-refractivity contribution in [3.05, 3.63) is 12.2 Å². The van der Waals surface area contributed by atoms with Crippen LogP contribution in [0.2, 0.25) is 0 Å². The van der Waals surface area contributed by atoms with Crippen molar-refractivity contribution in [2.24, 2.45) is 11.8 Å². The van der Waals surface area contributed by atoms with Gasteiger partial charge in [-0.1, -0.05) is 18.1 Å². The Kier molecular flexibility index (Phi) is 13.9. The summed E-state index contributed by atoms with van der Waals surface area (Å²) in [7, 11) is 0. The Morgan fingerprint density at radius 2 is 1.22 bits per heavy atom. The highest BCUT2D eigenvalue weighted by atomic mass is 16.6. The molecule has 8 nitrogen and oxygen atoms in total. The van der Waals surface area contributed by atoms with E-state index in [1.165, 1.54) is 0 Å². The van der Waals surface area contributed by atoms with Crippen molar-refractivity contribution in [1.82, 2.24) is 9.80 Å². The van der Waals surface area contributed by atoms with Gasteiger partial charge in [-0.2, -0.15) is 0 Å². The number of piperidine rings is 2. The van der Waals surface area contributed by atoms with E-state index in [1.54, 1.807) is 15.9 Å². The molecule has 2 heterocycles. The number of hydrogen-bond donors (Lipinski definition) is 2. The van der Waals surface area contributed by atoms with Gasteiger partial charge in [0.1, 0.15) is 17.8 Å². The molecule has 36 heavy (non-hydrogen) atoms. The molecule has 2 fully saturated rings. The second-order valence-electron chi connectivity index (χ2n) is 11.4. The number of rotatable bonds is 4. The Bertz CT molecular complexity index is 741. The van der Waals surface area contributed by atoms with E-state index >= 15 is 0 Å². The second kappa shape index (κ2) is 15.8. The van der Waals surface area contributed by atoms with Crippen LogP contribution in [0.15, 0.2) is 12.2 Å². The first-order valence-corrected chi connectivity index (χ1v) is 13.1. The van der Waals surface area contributed by atoms with E-state index in [1.807, 2.05) is 47.6 Å². The van der Waals surface area contributed by atoms with E-state index in [0.717, 1.165) is 64.7 Å². The highest BCUT2D eigenvalue weighted by molar-refractivity contribution is 5.68. The van der Waals surface area contributed by atoms with Gasteiger partial charge in [0, 0.05) is 32.6 Å². The first-order chi connectivity index (χ1) is 16.8. The van der Waals surface area contributed by atoms with Gasteiger partial charge >= 0.3 is 12.2 Å². The smallest absolute Gasteiger partial charge is 0.410 e. The van der Waals surface area contributed by atoms with Gasteiger partial charge in [0.25, 0.3) is 0 Å². The maximum Gasteiger partial charge on any atom is 0.410 e. The Balaban J connectivity index is 0.000000360. The molecule has 2 saturated heterocycles. The number of carbonyl (C=O) groups is 2. The Morgan fingerprint density at radius 3 is 1.61 bits per heavy atom. The summed E-state index contributed by atoms with van der Waals surface area (Å²) in [4.78, 5) is 27.2. The molecule has 8 heteroatoms. The molecule has 0 spiro atoms. The molecule has 0 atom stereocenters.